The number of nitrogens with two attached hydrogens (primary N) is 1. The molecule has 0 radical (unpaired) electrons. The van der Waals surface area contributed by atoms with Crippen LogP contribution in [-0.4, -0.2) is 30.9 Å². The molecule has 0 aromatic heterocycles. The molecule has 2 heterocycles. The van der Waals surface area contributed by atoms with E-state index in [-0.39, 0.29) is 17.9 Å². The molecule has 0 spiro atoms. The number of nitrogen functional groups attached to an aromatic ring is 1. The van der Waals surface area contributed by atoms with E-state index in [1.165, 1.54) is 0 Å². The Morgan fingerprint density at radius 2 is 2.24 bits per heavy atom. The second kappa shape index (κ2) is 5.27. The fourth-order valence-corrected chi connectivity index (χ4v) is 3.09. The van der Waals surface area contributed by atoms with E-state index in [1.807, 2.05) is 6.07 Å². The zero-order chi connectivity index (χ0) is 15.0. The number of carbonyl (C=O) groups excluding carboxylic acids is 2. The van der Waals surface area contributed by atoms with Crippen molar-refractivity contribution in [1.82, 2.24) is 5.32 Å². The summed E-state index contributed by atoms with van der Waals surface area (Å²) in [5.74, 6) is 0.0459. The monoisotopic (exact) mass is 288 g/mol. The van der Waals surface area contributed by atoms with E-state index in [9.17, 15) is 9.59 Å². The molecule has 1 saturated heterocycles. The number of hydrogen-bond acceptors (Lipinski definition) is 4. The molecule has 3 rings (SSSR count). The SMILES string of the molecule is CC(=O)NC1CCN(c2cc3c(cc2N)NC(=O)CC3)C1. The highest BCUT2D eigenvalue weighted by Gasteiger charge is 2.26. The Balaban J connectivity index is 1.80. The van der Waals surface area contributed by atoms with Crippen molar-refractivity contribution in [2.45, 2.75) is 32.2 Å². The first kappa shape index (κ1) is 13.7. The Kier molecular flexibility index (Phi) is 3.45. The number of amides is 2. The van der Waals surface area contributed by atoms with Gasteiger partial charge in [-0.1, -0.05) is 0 Å². The number of nitrogens with one attached hydrogen (secondary N) is 2. The highest BCUT2D eigenvalue weighted by Crippen LogP contribution is 2.34. The minimum absolute atomic E-state index is 0.00275. The minimum atomic E-state index is 0.00275. The topological polar surface area (TPSA) is 87.5 Å². The van der Waals surface area contributed by atoms with E-state index in [4.69, 9.17) is 5.73 Å². The van der Waals surface area contributed by atoms with Crippen LogP contribution in [0.5, 0.6) is 0 Å². The van der Waals surface area contributed by atoms with Crippen LogP contribution in [0.25, 0.3) is 0 Å². The van der Waals surface area contributed by atoms with Crippen LogP contribution in [0, 0.1) is 0 Å². The fourth-order valence-electron chi connectivity index (χ4n) is 3.09. The normalized spacial score (nSPS) is 20.9. The third kappa shape index (κ3) is 2.79. The lowest BCUT2D eigenvalue weighted by Gasteiger charge is -2.25. The molecule has 1 unspecified atom stereocenters. The Morgan fingerprint density at radius 3 is 3.00 bits per heavy atom. The van der Waals surface area contributed by atoms with Crippen LogP contribution in [0.1, 0.15) is 25.3 Å². The predicted octanol–water partition coefficient (Wildman–Crippen LogP) is 0.868. The summed E-state index contributed by atoms with van der Waals surface area (Å²) in [4.78, 5) is 24.8. The van der Waals surface area contributed by atoms with Gasteiger partial charge < -0.3 is 21.3 Å². The molecule has 2 aliphatic heterocycles. The number of nitrogens with zero attached hydrogens (tertiary/aromatic N) is 1. The summed E-state index contributed by atoms with van der Waals surface area (Å²) >= 11 is 0. The number of benzene rings is 1. The molecule has 0 bridgehead atoms. The van der Waals surface area contributed by atoms with E-state index in [0.29, 0.717) is 12.1 Å². The lowest BCUT2D eigenvalue weighted by Crippen LogP contribution is -2.35. The van der Waals surface area contributed by atoms with Crippen LogP contribution < -0.4 is 21.3 Å². The van der Waals surface area contributed by atoms with Gasteiger partial charge in [0.15, 0.2) is 0 Å². The summed E-state index contributed by atoms with van der Waals surface area (Å²) in [6.45, 7) is 3.19. The molecule has 4 N–H and O–H groups in total. The van der Waals surface area contributed by atoms with Gasteiger partial charge in [0.05, 0.1) is 11.4 Å². The zero-order valence-corrected chi connectivity index (χ0v) is 12.1. The zero-order valence-electron chi connectivity index (χ0n) is 12.1. The molecule has 112 valence electrons. The second-order valence-electron chi connectivity index (χ2n) is 5.75. The van der Waals surface area contributed by atoms with Crippen LogP contribution in [0.4, 0.5) is 17.1 Å². The first-order chi connectivity index (χ1) is 10.0. The van der Waals surface area contributed by atoms with Crippen molar-refractivity contribution < 1.29 is 9.59 Å². The summed E-state index contributed by atoms with van der Waals surface area (Å²) in [6.07, 6.45) is 2.19. The molecule has 6 heteroatoms. The average molecular weight is 288 g/mol. The van der Waals surface area contributed by atoms with Crippen LogP contribution in [-0.2, 0) is 16.0 Å². The van der Waals surface area contributed by atoms with Gasteiger partial charge in [0.1, 0.15) is 0 Å². The largest absolute Gasteiger partial charge is 0.397 e. The summed E-state index contributed by atoms with van der Waals surface area (Å²) in [7, 11) is 0. The number of fused-ring (bicyclic) bond motifs is 1. The number of anilines is 3. The summed E-state index contributed by atoms with van der Waals surface area (Å²) in [5, 5.41) is 5.81. The Morgan fingerprint density at radius 1 is 1.43 bits per heavy atom. The van der Waals surface area contributed by atoms with Gasteiger partial charge in [-0.05, 0) is 30.5 Å². The van der Waals surface area contributed by atoms with Crippen LogP contribution in [0.15, 0.2) is 12.1 Å². The molecule has 2 amide bonds. The van der Waals surface area contributed by atoms with E-state index in [2.05, 4.69) is 21.6 Å². The summed E-state index contributed by atoms with van der Waals surface area (Å²) in [6, 6.07) is 4.09. The molecular weight excluding hydrogens is 268 g/mol. The van der Waals surface area contributed by atoms with Crippen LogP contribution in [0.3, 0.4) is 0 Å². The summed E-state index contributed by atoms with van der Waals surface area (Å²) in [5.41, 5.74) is 9.75. The summed E-state index contributed by atoms with van der Waals surface area (Å²) < 4.78 is 0. The van der Waals surface area contributed by atoms with Gasteiger partial charge in [-0.3, -0.25) is 9.59 Å². The van der Waals surface area contributed by atoms with Crippen LogP contribution >= 0.6 is 0 Å². The Hall–Kier alpha value is -2.24. The molecule has 1 aromatic carbocycles. The highest BCUT2D eigenvalue weighted by atomic mass is 16.2. The van der Waals surface area contributed by atoms with Crippen molar-refractivity contribution in [3.05, 3.63) is 17.7 Å². The van der Waals surface area contributed by atoms with Crippen molar-refractivity contribution in [3.8, 4) is 0 Å². The maximum Gasteiger partial charge on any atom is 0.224 e. The number of aryl methyl sites for hydroxylation is 1. The van der Waals surface area contributed by atoms with Crippen molar-refractivity contribution in [2.75, 3.05) is 29.0 Å². The van der Waals surface area contributed by atoms with Crippen LogP contribution in [0.2, 0.25) is 0 Å². The third-order valence-corrected chi connectivity index (χ3v) is 4.08. The Labute approximate surface area is 123 Å². The maximum atomic E-state index is 11.4. The van der Waals surface area contributed by atoms with Gasteiger partial charge in [-0.15, -0.1) is 0 Å². The van der Waals surface area contributed by atoms with Gasteiger partial charge in [-0.25, -0.2) is 0 Å². The van der Waals surface area contributed by atoms with E-state index in [1.54, 1.807) is 6.92 Å². The van der Waals surface area contributed by atoms with Crippen molar-refractivity contribution in [3.63, 3.8) is 0 Å². The smallest absolute Gasteiger partial charge is 0.224 e. The first-order valence-corrected chi connectivity index (χ1v) is 7.27. The average Bonchev–Trinajstić information content (AvgIpc) is 2.85. The molecule has 0 aliphatic carbocycles. The lowest BCUT2D eigenvalue weighted by atomic mass is 10.0. The first-order valence-electron chi connectivity index (χ1n) is 7.27. The van der Waals surface area contributed by atoms with Gasteiger partial charge in [-0.2, -0.15) is 0 Å². The van der Waals surface area contributed by atoms with Gasteiger partial charge in [0, 0.05) is 38.2 Å². The number of hydrogen-bond donors (Lipinski definition) is 3. The predicted molar refractivity (Wildman–Crippen MR) is 82.2 cm³/mol. The number of rotatable bonds is 2. The lowest BCUT2D eigenvalue weighted by molar-refractivity contribution is -0.119. The molecule has 21 heavy (non-hydrogen) atoms. The molecule has 1 aromatic rings. The van der Waals surface area contributed by atoms with Crippen molar-refractivity contribution >= 4 is 28.9 Å². The van der Waals surface area contributed by atoms with Gasteiger partial charge >= 0.3 is 0 Å². The van der Waals surface area contributed by atoms with Gasteiger partial charge in [0.25, 0.3) is 0 Å². The van der Waals surface area contributed by atoms with E-state index in [0.717, 1.165) is 42.9 Å². The van der Waals surface area contributed by atoms with E-state index >= 15 is 0 Å². The molecule has 1 atom stereocenters. The molecular formula is C15H20N4O2. The minimum Gasteiger partial charge on any atom is -0.397 e. The van der Waals surface area contributed by atoms with E-state index < -0.39 is 0 Å². The quantitative estimate of drug-likeness (QED) is 0.705. The van der Waals surface area contributed by atoms with Crippen molar-refractivity contribution in [2.24, 2.45) is 0 Å². The fraction of sp³-hybridized carbons (Fsp3) is 0.467. The highest BCUT2D eigenvalue weighted by molar-refractivity contribution is 5.95. The molecule has 6 nitrogen and oxygen atoms in total. The third-order valence-electron chi connectivity index (χ3n) is 4.08. The van der Waals surface area contributed by atoms with Gasteiger partial charge in [0.2, 0.25) is 11.8 Å². The molecule has 1 fully saturated rings. The standard InChI is InChI=1S/C15H20N4O2/c1-9(20)17-11-4-5-19(8-11)14-6-10-2-3-15(21)18-13(10)7-12(14)16/h6-7,11H,2-5,8,16H2,1H3,(H,17,20)(H,18,21). The molecule has 2 aliphatic rings. The van der Waals surface area contributed by atoms with Crippen molar-refractivity contribution in [1.29, 1.82) is 0 Å². The molecule has 0 saturated carbocycles. The number of carbonyl (C=O) groups is 2. The maximum absolute atomic E-state index is 11.4. The second-order valence-corrected chi connectivity index (χ2v) is 5.75. The Bertz CT molecular complexity index is 600.